The van der Waals surface area contributed by atoms with Gasteiger partial charge in [0.15, 0.2) is 5.60 Å². The van der Waals surface area contributed by atoms with Gasteiger partial charge in [0, 0.05) is 23.3 Å². The van der Waals surface area contributed by atoms with Crippen LogP contribution >= 0.6 is 0 Å². The van der Waals surface area contributed by atoms with E-state index in [1.54, 1.807) is 13.8 Å². The summed E-state index contributed by atoms with van der Waals surface area (Å²) in [6, 6.07) is 2.54. The molecule has 0 fully saturated rings. The molecule has 142 valence electrons. The summed E-state index contributed by atoms with van der Waals surface area (Å²) in [7, 11) is 1.37. The number of aryl methyl sites for hydroxylation is 1. The van der Waals surface area contributed by atoms with Crippen molar-refractivity contribution >= 4 is 28.1 Å². The van der Waals surface area contributed by atoms with E-state index in [0.717, 1.165) is 0 Å². The van der Waals surface area contributed by atoms with Crippen molar-refractivity contribution in [1.82, 2.24) is 0 Å². The molecule has 0 saturated carbocycles. The molecule has 0 saturated heterocycles. The fraction of sp³-hybridized carbons (Fsp3) is 0.350. The minimum Gasteiger partial charge on any atom is -0.507 e. The third kappa shape index (κ3) is 2.28. The number of ketones is 3. The number of aromatic hydroxyl groups is 2. The van der Waals surface area contributed by atoms with Crippen molar-refractivity contribution in [1.29, 1.82) is 0 Å². The number of Topliss-reactive ketones (excluding diaryl/α,β-unsaturated/α-hetero) is 3. The Morgan fingerprint density at radius 2 is 1.63 bits per heavy atom. The van der Waals surface area contributed by atoms with Crippen LogP contribution in [0.15, 0.2) is 12.1 Å². The molecule has 0 aromatic heterocycles. The Morgan fingerprint density at radius 3 is 2.11 bits per heavy atom. The lowest BCUT2D eigenvalue weighted by molar-refractivity contribution is -0.126. The van der Waals surface area contributed by atoms with E-state index in [4.69, 9.17) is 4.74 Å². The summed E-state index contributed by atoms with van der Waals surface area (Å²) in [6.45, 7) is 4.49. The summed E-state index contributed by atoms with van der Waals surface area (Å²) in [5.41, 5.74) is -2.80. The third-order valence-corrected chi connectivity index (χ3v) is 5.35. The van der Waals surface area contributed by atoms with Gasteiger partial charge >= 0.3 is 0 Å². The van der Waals surface area contributed by atoms with Gasteiger partial charge in [-0.15, -0.1) is 0 Å². The Kier molecular flexibility index (Phi) is 4.23. The van der Waals surface area contributed by atoms with Gasteiger partial charge in [-0.3, -0.25) is 14.4 Å². The van der Waals surface area contributed by atoms with Crippen LogP contribution in [-0.2, 0) is 4.79 Å². The molecular formula is C20H20O7. The number of hydrogen-bond donors (Lipinski definition) is 3. The lowest BCUT2D eigenvalue weighted by atomic mass is 9.68. The number of ether oxygens (including phenoxy) is 1. The standard InChI is InChI=1S/C20H20O7/c1-5-10(21)9(3)20(26)18(24)15-11(22)6-8(2)14-13(27-4)7-12(23)16(17(14)15)19(20)25/h6-7,9,22-23,26H,5H2,1-4H3. The summed E-state index contributed by atoms with van der Waals surface area (Å²) in [6.07, 6.45) is 0.0147. The quantitative estimate of drug-likeness (QED) is 0.704. The highest BCUT2D eigenvalue weighted by atomic mass is 16.5. The van der Waals surface area contributed by atoms with Crippen LogP contribution in [0, 0.1) is 12.8 Å². The van der Waals surface area contributed by atoms with Gasteiger partial charge in [0.05, 0.1) is 24.2 Å². The van der Waals surface area contributed by atoms with Crippen molar-refractivity contribution in [3.63, 3.8) is 0 Å². The van der Waals surface area contributed by atoms with Crippen LogP contribution in [0.3, 0.4) is 0 Å². The van der Waals surface area contributed by atoms with Crippen molar-refractivity contribution in [2.45, 2.75) is 32.8 Å². The number of rotatable bonds is 4. The molecule has 2 unspecified atom stereocenters. The van der Waals surface area contributed by atoms with Crippen molar-refractivity contribution in [2.24, 2.45) is 5.92 Å². The van der Waals surface area contributed by atoms with E-state index < -0.39 is 40.4 Å². The van der Waals surface area contributed by atoms with E-state index >= 15 is 0 Å². The first-order chi connectivity index (χ1) is 12.6. The van der Waals surface area contributed by atoms with Crippen LogP contribution in [0.1, 0.15) is 46.5 Å². The Balaban J connectivity index is 2.49. The molecule has 2 atom stereocenters. The number of phenols is 2. The highest BCUT2D eigenvalue weighted by molar-refractivity contribution is 6.37. The number of carbonyl (C=O) groups is 3. The molecule has 27 heavy (non-hydrogen) atoms. The zero-order chi connectivity index (χ0) is 20.3. The van der Waals surface area contributed by atoms with Gasteiger partial charge in [0.25, 0.3) is 0 Å². The summed E-state index contributed by atoms with van der Waals surface area (Å²) >= 11 is 0. The zero-order valence-electron chi connectivity index (χ0n) is 15.4. The lowest BCUT2D eigenvalue weighted by Gasteiger charge is -2.35. The summed E-state index contributed by atoms with van der Waals surface area (Å²) < 4.78 is 5.25. The second-order valence-electron chi connectivity index (χ2n) is 6.78. The number of benzene rings is 2. The smallest absolute Gasteiger partial charge is 0.207 e. The van der Waals surface area contributed by atoms with Gasteiger partial charge in [0.1, 0.15) is 23.0 Å². The topological polar surface area (TPSA) is 121 Å². The molecular weight excluding hydrogens is 352 g/mol. The van der Waals surface area contributed by atoms with Crippen molar-refractivity contribution in [3.05, 3.63) is 28.8 Å². The number of aliphatic hydroxyl groups is 1. The van der Waals surface area contributed by atoms with Gasteiger partial charge < -0.3 is 20.1 Å². The molecule has 3 N–H and O–H groups in total. The van der Waals surface area contributed by atoms with E-state index in [1.165, 1.54) is 26.2 Å². The van der Waals surface area contributed by atoms with Crippen molar-refractivity contribution in [2.75, 3.05) is 7.11 Å². The van der Waals surface area contributed by atoms with Gasteiger partial charge in [-0.05, 0) is 18.6 Å². The first kappa shape index (κ1) is 18.8. The molecule has 0 aliphatic heterocycles. The maximum Gasteiger partial charge on any atom is 0.207 e. The number of carbonyl (C=O) groups excluding carboxylic acids is 3. The fourth-order valence-electron chi connectivity index (χ4n) is 3.80. The van der Waals surface area contributed by atoms with Crippen LogP contribution < -0.4 is 4.74 Å². The van der Waals surface area contributed by atoms with Crippen LogP contribution in [0.5, 0.6) is 17.2 Å². The van der Waals surface area contributed by atoms with E-state index in [1.807, 2.05) is 0 Å². The van der Waals surface area contributed by atoms with E-state index in [2.05, 4.69) is 0 Å². The van der Waals surface area contributed by atoms with Gasteiger partial charge in [-0.2, -0.15) is 0 Å². The molecule has 1 aliphatic carbocycles. The summed E-state index contributed by atoms with van der Waals surface area (Å²) in [5.74, 6) is -4.69. The third-order valence-electron chi connectivity index (χ3n) is 5.35. The predicted molar refractivity (Wildman–Crippen MR) is 96.6 cm³/mol. The number of hydrogen-bond acceptors (Lipinski definition) is 7. The van der Waals surface area contributed by atoms with Crippen LogP contribution in [0.2, 0.25) is 0 Å². The van der Waals surface area contributed by atoms with Crippen molar-refractivity contribution < 1.29 is 34.4 Å². The maximum absolute atomic E-state index is 13.1. The Morgan fingerprint density at radius 1 is 1.11 bits per heavy atom. The first-order valence-corrected chi connectivity index (χ1v) is 8.52. The lowest BCUT2D eigenvalue weighted by Crippen LogP contribution is -2.56. The summed E-state index contributed by atoms with van der Waals surface area (Å²) in [4.78, 5) is 38.4. The van der Waals surface area contributed by atoms with E-state index in [0.29, 0.717) is 10.9 Å². The Labute approximate surface area is 155 Å². The molecule has 7 nitrogen and oxygen atoms in total. The monoisotopic (exact) mass is 372 g/mol. The van der Waals surface area contributed by atoms with Crippen LogP contribution in [0.4, 0.5) is 0 Å². The van der Waals surface area contributed by atoms with Gasteiger partial charge in [0.2, 0.25) is 11.6 Å². The normalized spacial score (nSPS) is 20.0. The van der Waals surface area contributed by atoms with E-state index in [9.17, 15) is 29.7 Å². The Bertz CT molecular complexity index is 997. The molecule has 3 rings (SSSR count). The second kappa shape index (κ2) is 6.06. The zero-order valence-corrected chi connectivity index (χ0v) is 15.4. The molecule has 0 amide bonds. The molecule has 0 bridgehead atoms. The number of phenolic OH excluding ortho intramolecular Hbond substituents is 2. The maximum atomic E-state index is 13.1. The minimum absolute atomic E-state index is 0.0140. The van der Waals surface area contributed by atoms with Gasteiger partial charge in [-0.1, -0.05) is 13.8 Å². The van der Waals surface area contributed by atoms with Gasteiger partial charge in [-0.25, -0.2) is 0 Å². The SMILES string of the molecule is CCC(=O)C(C)C1(O)C(=O)c2c(O)cc(C)c3c(OC)cc(O)c(c23)C1=O. The first-order valence-electron chi connectivity index (χ1n) is 8.52. The largest absolute Gasteiger partial charge is 0.507 e. The molecule has 0 radical (unpaired) electrons. The predicted octanol–water partition coefficient (Wildman–Crippen LogP) is 2.29. The average Bonchev–Trinajstić information content (AvgIpc) is 2.63. The Hall–Kier alpha value is -2.93. The minimum atomic E-state index is -2.70. The molecule has 2 aromatic carbocycles. The van der Waals surface area contributed by atoms with Crippen LogP contribution in [-0.4, -0.2) is 45.4 Å². The molecule has 1 aliphatic rings. The highest BCUT2D eigenvalue weighted by Gasteiger charge is 2.56. The molecule has 2 aromatic rings. The molecule has 0 heterocycles. The molecule has 7 heteroatoms. The summed E-state index contributed by atoms with van der Waals surface area (Å²) in [5, 5.41) is 32.3. The van der Waals surface area contributed by atoms with Crippen molar-refractivity contribution in [3.8, 4) is 17.2 Å². The molecule has 0 spiro atoms. The van der Waals surface area contributed by atoms with Crippen LogP contribution in [0.25, 0.3) is 10.8 Å². The average molecular weight is 372 g/mol. The fourth-order valence-corrected chi connectivity index (χ4v) is 3.80. The van der Waals surface area contributed by atoms with E-state index in [-0.39, 0.29) is 28.7 Å². The number of methoxy groups -OCH3 is 1. The second-order valence-corrected chi connectivity index (χ2v) is 6.78. The highest BCUT2D eigenvalue weighted by Crippen LogP contribution is 2.48.